The Hall–Kier alpha value is -1.86. The molecule has 0 unspecified atom stereocenters. The minimum absolute atomic E-state index is 0.0513. The summed E-state index contributed by atoms with van der Waals surface area (Å²) in [5.74, 6) is 0.131. The van der Waals surface area contributed by atoms with Gasteiger partial charge in [-0.2, -0.15) is 5.26 Å². The predicted octanol–water partition coefficient (Wildman–Crippen LogP) is 2.65. The van der Waals surface area contributed by atoms with Gasteiger partial charge < -0.3 is 9.80 Å². The van der Waals surface area contributed by atoms with Crippen molar-refractivity contribution in [3.63, 3.8) is 0 Å². The molecule has 1 aromatic carbocycles. The molecule has 0 aromatic heterocycles. The Morgan fingerprint density at radius 1 is 1.09 bits per heavy atom. The maximum atomic E-state index is 12.9. The Kier molecular flexibility index (Phi) is 4.17. The zero-order valence-corrected chi connectivity index (χ0v) is 13.2. The number of hydrogen-bond acceptors (Lipinski definition) is 3. The highest BCUT2D eigenvalue weighted by Gasteiger charge is 2.43. The van der Waals surface area contributed by atoms with Gasteiger partial charge in [-0.3, -0.25) is 4.79 Å². The first kappa shape index (κ1) is 15.1. The lowest BCUT2D eigenvalue weighted by molar-refractivity contribution is 0.0560. The van der Waals surface area contributed by atoms with Crippen LogP contribution in [-0.2, 0) is 0 Å². The zero-order valence-electron chi connectivity index (χ0n) is 13.2. The van der Waals surface area contributed by atoms with Gasteiger partial charge >= 0.3 is 0 Å². The van der Waals surface area contributed by atoms with Crippen LogP contribution in [0.25, 0.3) is 0 Å². The number of rotatable bonds is 1. The fraction of sp³-hybridized carbons (Fsp3) is 0.556. The minimum atomic E-state index is 0.0513. The minimum Gasteiger partial charge on any atom is -0.333 e. The van der Waals surface area contributed by atoms with Gasteiger partial charge in [0, 0.05) is 24.2 Å². The largest absolute Gasteiger partial charge is 0.333 e. The summed E-state index contributed by atoms with van der Waals surface area (Å²) < 4.78 is 0. The topological polar surface area (TPSA) is 47.3 Å². The molecule has 2 heterocycles. The number of nitrogens with zero attached hydrogens (tertiary/aromatic N) is 3. The van der Waals surface area contributed by atoms with Crippen molar-refractivity contribution in [2.45, 2.75) is 37.6 Å². The number of carbonyl (C=O) groups excluding carboxylic acids is 1. The predicted molar refractivity (Wildman–Crippen MR) is 85.5 cm³/mol. The summed E-state index contributed by atoms with van der Waals surface area (Å²) in [6, 6.07) is 9.14. The van der Waals surface area contributed by atoms with Gasteiger partial charge in [-0.05, 0) is 70.0 Å². The van der Waals surface area contributed by atoms with Crippen molar-refractivity contribution in [1.82, 2.24) is 9.80 Å². The van der Waals surface area contributed by atoms with Gasteiger partial charge in [0.1, 0.15) is 0 Å². The summed E-state index contributed by atoms with van der Waals surface area (Å²) >= 11 is 0. The van der Waals surface area contributed by atoms with Crippen LogP contribution in [0.1, 0.15) is 48.0 Å². The van der Waals surface area contributed by atoms with E-state index < -0.39 is 0 Å². The van der Waals surface area contributed by atoms with Crippen LogP contribution in [0.5, 0.6) is 0 Å². The number of carbonyl (C=O) groups is 1. The summed E-state index contributed by atoms with van der Waals surface area (Å²) in [5, 5.41) is 8.88. The molecule has 1 atom stereocenters. The normalized spacial score (nSPS) is 25.9. The molecule has 2 fully saturated rings. The van der Waals surface area contributed by atoms with Crippen LogP contribution < -0.4 is 0 Å². The third-order valence-electron chi connectivity index (χ3n) is 5.24. The second-order valence-electron chi connectivity index (χ2n) is 6.63. The standard InChI is InChI=1S/C18H23N3O/c1-20-11-2-8-18(10-13-20)9-3-12-21(18)17(22)16-6-4-15(14-19)5-7-16/h4-7H,2-3,8-13H2,1H3/t18-/m1/s1. The molecule has 3 rings (SSSR count). The smallest absolute Gasteiger partial charge is 0.254 e. The quantitative estimate of drug-likeness (QED) is 0.800. The van der Waals surface area contributed by atoms with Gasteiger partial charge in [-0.1, -0.05) is 0 Å². The van der Waals surface area contributed by atoms with Crippen LogP contribution in [0.15, 0.2) is 24.3 Å². The Balaban J connectivity index is 1.82. The van der Waals surface area contributed by atoms with Crippen molar-refractivity contribution in [3.05, 3.63) is 35.4 Å². The highest BCUT2D eigenvalue weighted by Crippen LogP contribution is 2.39. The number of nitriles is 1. The second-order valence-corrected chi connectivity index (χ2v) is 6.63. The monoisotopic (exact) mass is 297 g/mol. The van der Waals surface area contributed by atoms with E-state index in [1.165, 1.54) is 0 Å². The molecule has 1 aromatic rings. The van der Waals surface area contributed by atoms with Crippen LogP contribution in [0.3, 0.4) is 0 Å². The van der Waals surface area contributed by atoms with E-state index >= 15 is 0 Å². The molecular weight excluding hydrogens is 274 g/mol. The Morgan fingerprint density at radius 2 is 1.77 bits per heavy atom. The Bertz CT molecular complexity index is 589. The fourth-order valence-electron chi connectivity index (χ4n) is 3.93. The lowest BCUT2D eigenvalue weighted by atomic mass is 9.87. The molecule has 0 N–H and O–H groups in total. The maximum Gasteiger partial charge on any atom is 0.254 e. The van der Waals surface area contributed by atoms with Crippen molar-refractivity contribution in [2.75, 3.05) is 26.7 Å². The summed E-state index contributed by atoms with van der Waals surface area (Å²) in [4.78, 5) is 17.4. The fourth-order valence-corrected chi connectivity index (χ4v) is 3.93. The highest BCUT2D eigenvalue weighted by molar-refractivity contribution is 5.95. The van der Waals surface area contributed by atoms with Crippen LogP contribution in [0.2, 0.25) is 0 Å². The molecule has 0 radical (unpaired) electrons. The third kappa shape index (κ3) is 2.74. The van der Waals surface area contributed by atoms with E-state index in [4.69, 9.17) is 5.26 Å². The van der Waals surface area contributed by atoms with Crippen molar-refractivity contribution in [1.29, 1.82) is 5.26 Å². The molecular formula is C18H23N3O. The summed E-state index contributed by atoms with van der Waals surface area (Å²) in [5.41, 5.74) is 1.36. The zero-order chi connectivity index (χ0) is 15.6. The number of hydrogen-bond donors (Lipinski definition) is 0. The van der Waals surface area contributed by atoms with Gasteiger partial charge in [0.25, 0.3) is 5.91 Å². The van der Waals surface area contributed by atoms with E-state index in [2.05, 4.69) is 22.9 Å². The molecule has 2 aliphatic heterocycles. The first-order valence-electron chi connectivity index (χ1n) is 8.15. The molecule has 1 spiro atoms. The lowest BCUT2D eigenvalue weighted by Gasteiger charge is -2.38. The van der Waals surface area contributed by atoms with Crippen molar-refractivity contribution < 1.29 is 4.79 Å². The van der Waals surface area contributed by atoms with E-state index in [0.29, 0.717) is 11.1 Å². The Morgan fingerprint density at radius 3 is 2.45 bits per heavy atom. The summed E-state index contributed by atoms with van der Waals surface area (Å²) in [6.07, 6.45) is 5.58. The molecule has 1 amide bonds. The SMILES string of the molecule is CN1CCC[C@@]2(CCCN2C(=O)c2ccc(C#N)cc2)CC1. The molecule has 0 bridgehead atoms. The second kappa shape index (κ2) is 6.10. The van der Waals surface area contributed by atoms with E-state index in [1.54, 1.807) is 24.3 Å². The summed E-state index contributed by atoms with van der Waals surface area (Å²) in [6.45, 7) is 3.06. The van der Waals surface area contributed by atoms with Crippen LogP contribution >= 0.6 is 0 Å². The van der Waals surface area contributed by atoms with E-state index in [9.17, 15) is 4.79 Å². The first-order valence-corrected chi connectivity index (χ1v) is 8.15. The number of amides is 1. The Labute approximate surface area is 132 Å². The first-order chi connectivity index (χ1) is 10.6. The van der Waals surface area contributed by atoms with Crippen molar-refractivity contribution in [2.24, 2.45) is 0 Å². The highest BCUT2D eigenvalue weighted by atomic mass is 16.2. The van der Waals surface area contributed by atoms with Gasteiger partial charge in [0.15, 0.2) is 0 Å². The molecule has 2 saturated heterocycles. The number of benzene rings is 1. The average molecular weight is 297 g/mol. The van der Waals surface area contributed by atoms with Crippen LogP contribution in [0, 0.1) is 11.3 Å². The molecule has 116 valence electrons. The van der Waals surface area contributed by atoms with E-state index in [-0.39, 0.29) is 11.4 Å². The molecule has 4 nitrogen and oxygen atoms in total. The summed E-state index contributed by atoms with van der Waals surface area (Å²) in [7, 11) is 2.17. The van der Waals surface area contributed by atoms with Gasteiger partial charge in [-0.15, -0.1) is 0 Å². The molecule has 2 aliphatic rings. The maximum absolute atomic E-state index is 12.9. The van der Waals surface area contributed by atoms with Gasteiger partial charge in [0.2, 0.25) is 0 Å². The van der Waals surface area contributed by atoms with Crippen LogP contribution in [0.4, 0.5) is 0 Å². The third-order valence-corrected chi connectivity index (χ3v) is 5.24. The van der Waals surface area contributed by atoms with Gasteiger partial charge in [-0.25, -0.2) is 0 Å². The van der Waals surface area contributed by atoms with Crippen molar-refractivity contribution in [3.8, 4) is 6.07 Å². The van der Waals surface area contributed by atoms with Crippen LogP contribution in [-0.4, -0.2) is 47.9 Å². The van der Waals surface area contributed by atoms with Crippen molar-refractivity contribution >= 4 is 5.91 Å². The van der Waals surface area contributed by atoms with Gasteiger partial charge in [0.05, 0.1) is 11.6 Å². The number of likely N-dealkylation sites (tertiary alicyclic amines) is 2. The molecule has 0 saturated carbocycles. The van der Waals surface area contributed by atoms with E-state index in [1.807, 2.05) is 0 Å². The molecule has 0 aliphatic carbocycles. The average Bonchev–Trinajstić information content (AvgIpc) is 2.86. The molecule has 4 heteroatoms. The van der Waals surface area contributed by atoms with E-state index in [0.717, 1.165) is 51.7 Å². The lowest BCUT2D eigenvalue weighted by Crippen LogP contribution is -2.47. The molecule has 22 heavy (non-hydrogen) atoms.